The van der Waals surface area contributed by atoms with Crippen molar-refractivity contribution in [1.82, 2.24) is 15.0 Å². The fourth-order valence-corrected chi connectivity index (χ4v) is 4.66. The number of hydrogen-bond donors (Lipinski definition) is 2. The van der Waals surface area contributed by atoms with Gasteiger partial charge in [0.05, 0.1) is 16.6 Å². The Morgan fingerprint density at radius 2 is 1.88 bits per heavy atom. The van der Waals surface area contributed by atoms with Crippen molar-refractivity contribution in [2.45, 2.75) is 38.2 Å². The molecule has 0 amide bonds. The van der Waals surface area contributed by atoms with E-state index in [4.69, 9.17) is 21.4 Å². The largest absolute Gasteiger partial charge is 0.481 e. The lowest BCUT2D eigenvalue weighted by Gasteiger charge is -2.27. The summed E-state index contributed by atoms with van der Waals surface area (Å²) in [5.74, 6) is 0.0577. The van der Waals surface area contributed by atoms with Crippen LogP contribution in [0.4, 0.5) is 4.39 Å². The van der Waals surface area contributed by atoms with Gasteiger partial charge in [0, 0.05) is 29.3 Å². The molecule has 0 atom stereocenters. The Balaban J connectivity index is 1.26. The van der Waals surface area contributed by atoms with Crippen LogP contribution in [-0.4, -0.2) is 32.1 Å². The van der Waals surface area contributed by atoms with E-state index in [0.717, 1.165) is 42.3 Å². The van der Waals surface area contributed by atoms with Crippen LogP contribution in [0.5, 0.6) is 5.88 Å². The van der Waals surface area contributed by atoms with Gasteiger partial charge in [-0.15, -0.1) is 0 Å². The number of carbonyl (C=O) groups is 1. The predicted molar refractivity (Wildman–Crippen MR) is 128 cm³/mol. The number of nitrogens with one attached hydrogen (secondary N) is 1. The number of carboxylic acids is 1. The molecule has 2 heterocycles. The fraction of sp³-hybridized carbons (Fsp3) is 0.269. The van der Waals surface area contributed by atoms with E-state index < -0.39 is 5.97 Å². The Bertz CT molecular complexity index is 1330. The summed E-state index contributed by atoms with van der Waals surface area (Å²) in [7, 11) is 0. The van der Waals surface area contributed by atoms with Crippen LogP contribution in [0.25, 0.3) is 33.5 Å². The highest BCUT2D eigenvalue weighted by molar-refractivity contribution is 6.31. The minimum Gasteiger partial charge on any atom is -0.481 e. The van der Waals surface area contributed by atoms with Crippen LogP contribution in [0.2, 0.25) is 5.02 Å². The summed E-state index contributed by atoms with van der Waals surface area (Å²) < 4.78 is 20.9. The lowest BCUT2D eigenvalue weighted by atomic mass is 9.85. The van der Waals surface area contributed by atoms with Crippen molar-refractivity contribution in [3.63, 3.8) is 0 Å². The summed E-state index contributed by atoms with van der Waals surface area (Å²) in [6.07, 6.45) is 5.27. The van der Waals surface area contributed by atoms with Crippen LogP contribution in [0.3, 0.4) is 0 Å². The molecule has 174 valence electrons. The summed E-state index contributed by atoms with van der Waals surface area (Å²) in [5.41, 5.74) is 3.33. The molecule has 0 unspecified atom stereocenters. The van der Waals surface area contributed by atoms with E-state index in [9.17, 15) is 9.18 Å². The second-order valence-electron chi connectivity index (χ2n) is 8.69. The molecule has 6 nitrogen and oxygen atoms in total. The molecule has 0 radical (unpaired) electrons. The van der Waals surface area contributed by atoms with Crippen LogP contribution in [0.15, 0.2) is 54.7 Å². The number of ether oxygens (including phenoxy) is 1. The zero-order valence-electron chi connectivity index (χ0n) is 18.3. The second kappa shape index (κ2) is 9.43. The van der Waals surface area contributed by atoms with Crippen LogP contribution in [0.1, 0.15) is 32.1 Å². The highest BCUT2D eigenvalue weighted by Gasteiger charge is 2.24. The van der Waals surface area contributed by atoms with Gasteiger partial charge in [0.15, 0.2) is 0 Å². The van der Waals surface area contributed by atoms with E-state index in [-0.39, 0.29) is 24.3 Å². The van der Waals surface area contributed by atoms with E-state index in [1.807, 2.05) is 12.1 Å². The molecular formula is C26H23ClFN3O3. The number of hydrogen-bond acceptors (Lipinski definition) is 4. The second-order valence-corrected chi connectivity index (χ2v) is 9.12. The molecule has 5 rings (SSSR count). The number of imidazole rings is 1. The first-order valence-corrected chi connectivity index (χ1v) is 11.6. The molecule has 2 N–H and O–H groups in total. The number of benzene rings is 2. The first-order valence-electron chi connectivity index (χ1n) is 11.2. The van der Waals surface area contributed by atoms with E-state index in [2.05, 4.69) is 15.0 Å². The first kappa shape index (κ1) is 22.3. The molecule has 8 heteroatoms. The van der Waals surface area contributed by atoms with Gasteiger partial charge in [-0.25, -0.2) is 14.4 Å². The Morgan fingerprint density at radius 1 is 1.09 bits per heavy atom. The molecule has 4 aromatic rings. The number of nitrogens with zero attached hydrogens (tertiary/aromatic N) is 2. The fourth-order valence-electron chi connectivity index (χ4n) is 4.49. The standard InChI is InChI=1S/C26H23ClFN3O3/c27-18-5-9-22-23(13-18)31-26(30-22)20-8-3-16(12-21(20)28)17-4-10-24(29-14-17)34-19-6-1-15(2-7-19)11-25(32)33/h3-5,8-10,12-15,19H,1-2,6-7,11H2,(H,30,31)(H,32,33). The van der Waals surface area contributed by atoms with E-state index >= 15 is 0 Å². The Labute approximate surface area is 200 Å². The van der Waals surface area contributed by atoms with Gasteiger partial charge in [-0.3, -0.25) is 4.79 Å². The molecule has 0 bridgehead atoms. The number of carboxylic acid groups (broad SMARTS) is 1. The van der Waals surface area contributed by atoms with Crippen molar-refractivity contribution in [3.8, 4) is 28.4 Å². The van der Waals surface area contributed by atoms with Gasteiger partial charge in [-0.1, -0.05) is 17.7 Å². The summed E-state index contributed by atoms with van der Waals surface area (Å²) >= 11 is 6.03. The summed E-state index contributed by atoms with van der Waals surface area (Å²) in [6.45, 7) is 0. The summed E-state index contributed by atoms with van der Waals surface area (Å²) in [6, 6.07) is 13.9. The zero-order valence-corrected chi connectivity index (χ0v) is 19.1. The third-order valence-electron chi connectivity index (χ3n) is 6.28. The zero-order chi connectivity index (χ0) is 23.7. The molecule has 1 saturated carbocycles. The highest BCUT2D eigenvalue weighted by atomic mass is 35.5. The summed E-state index contributed by atoms with van der Waals surface area (Å²) in [5, 5.41) is 9.53. The molecular weight excluding hydrogens is 457 g/mol. The SMILES string of the molecule is O=C(O)CC1CCC(Oc2ccc(-c3ccc(-c4nc5ccc(Cl)cc5[nH]4)c(F)c3)cn2)CC1. The van der Waals surface area contributed by atoms with E-state index in [1.54, 1.807) is 36.5 Å². The van der Waals surface area contributed by atoms with Gasteiger partial charge in [-0.2, -0.15) is 0 Å². The minimum absolute atomic E-state index is 0.0406. The van der Waals surface area contributed by atoms with Gasteiger partial charge in [0.1, 0.15) is 17.7 Å². The number of pyridine rings is 1. The first-order chi connectivity index (χ1) is 16.4. The minimum atomic E-state index is -0.742. The van der Waals surface area contributed by atoms with Gasteiger partial charge in [-0.05, 0) is 73.6 Å². The number of halogens is 2. The Hall–Kier alpha value is -3.45. The van der Waals surface area contributed by atoms with Crippen LogP contribution >= 0.6 is 11.6 Å². The lowest BCUT2D eigenvalue weighted by Crippen LogP contribution is -2.25. The molecule has 0 spiro atoms. The van der Waals surface area contributed by atoms with E-state index in [1.165, 1.54) is 6.07 Å². The number of rotatable bonds is 6. The number of aromatic nitrogens is 3. The Morgan fingerprint density at radius 3 is 2.59 bits per heavy atom. The molecule has 2 aromatic carbocycles. The average molecular weight is 480 g/mol. The smallest absolute Gasteiger partial charge is 0.303 e. The Kier molecular flexibility index (Phi) is 6.20. The maximum atomic E-state index is 15.0. The molecule has 1 aliphatic carbocycles. The van der Waals surface area contributed by atoms with Crippen LogP contribution < -0.4 is 4.74 Å². The van der Waals surface area contributed by atoms with Crippen molar-refractivity contribution < 1.29 is 19.0 Å². The number of H-pyrrole nitrogens is 1. The summed E-state index contributed by atoms with van der Waals surface area (Å²) in [4.78, 5) is 22.8. The molecule has 1 aliphatic rings. The lowest BCUT2D eigenvalue weighted by molar-refractivity contribution is -0.138. The molecule has 1 fully saturated rings. The van der Waals surface area contributed by atoms with Crippen molar-refractivity contribution in [2.75, 3.05) is 0 Å². The third-order valence-corrected chi connectivity index (χ3v) is 6.52. The van der Waals surface area contributed by atoms with Crippen molar-refractivity contribution in [1.29, 1.82) is 0 Å². The quantitative estimate of drug-likeness (QED) is 0.329. The van der Waals surface area contributed by atoms with Gasteiger partial charge >= 0.3 is 5.97 Å². The molecule has 2 aromatic heterocycles. The number of aromatic amines is 1. The van der Waals surface area contributed by atoms with Gasteiger partial charge in [0.25, 0.3) is 0 Å². The highest BCUT2D eigenvalue weighted by Crippen LogP contribution is 2.31. The predicted octanol–water partition coefficient (Wildman–Crippen LogP) is 6.50. The maximum Gasteiger partial charge on any atom is 0.303 e. The average Bonchev–Trinajstić information content (AvgIpc) is 3.23. The van der Waals surface area contributed by atoms with Crippen molar-refractivity contribution in [2.24, 2.45) is 5.92 Å². The van der Waals surface area contributed by atoms with Gasteiger partial charge in [0.2, 0.25) is 5.88 Å². The topological polar surface area (TPSA) is 88.1 Å². The van der Waals surface area contributed by atoms with E-state index in [0.29, 0.717) is 27.9 Å². The molecule has 34 heavy (non-hydrogen) atoms. The number of fused-ring (bicyclic) bond motifs is 1. The molecule has 0 saturated heterocycles. The third kappa shape index (κ3) is 4.89. The maximum absolute atomic E-state index is 15.0. The monoisotopic (exact) mass is 479 g/mol. The number of aliphatic carboxylic acids is 1. The van der Waals surface area contributed by atoms with Crippen LogP contribution in [-0.2, 0) is 4.79 Å². The van der Waals surface area contributed by atoms with Crippen LogP contribution in [0, 0.1) is 11.7 Å². The molecule has 0 aliphatic heterocycles. The van der Waals surface area contributed by atoms with Gasteiger partial charge < -0.3 is 14.8 Å². The normalized spacial score (nSPS) is 18.2. The van der Waals surface area contributed by atoms with Crippen molar-refractivity contribution >= 4 is 28.6 Å². The van der Waals surface area contributed by atoms with Crippen molar-refractivity contribution in [3.05, 3.63) is 65.6 Å².